The summed E-state index contributed by atoms with van der Waals surface area (Å²) in [5.41, 5.74) is -2.86. The van der Waals surface area contributed by atoms with Crippen molar-refractivity contribution >= 4 is 55.5 Å². The Kier molecular flexibility index (Phi) is 5.93. The van der Waals surface area contributed by atoms with Crippen LogP contribution in [0.15, 0.2) is 107 Å². The standard InChI is InChI=1S/C28H17N3O7S2/c32-23(16-6-2-1-3-7-16)21-22(26(35)38-28(21)24(33)19-8-4-5-9-20(19)25(28)34)30-17-10-12-18(13-11-17)40(36,37)31-27-29-14-15-39-27/h1-15,30H,(H,29,31). The number of anilines is 2. The molecule has 10 nitrogen and oxygen atoms in total. The maximum atomic E-state index is 13.8. The highest BCUT2D eigenvalue weighted by Crippen LogP contribution is 2.45. The van der Waals surface area contributed by atoms with Crippen molar-refractivity contribution in [3.63, 3.8) is 0 Å². The molecule has 2 N–H and O–H groups in total. The van der Waals surface area contributed by atoms with Crippen LogP contribution in [0.3, 0.4) is 0 Å². The molecule has 1 aliphatic heterocycles. The zero-order valence-corrected chi connectivity index (χ0v) is 21.9. The molecule has 0 atom stereocenters. The quantitative estimate of drug-likeness (QED) is 0.192. The summed E-state index contributed by atoms with van der Waals surface area (Å²) < 4.78 is 33.2. The lowest BCUT2D eigenvalue weighted by atomic mass is 9.83. The van der Waals surface area contributed by atoms with Gasteiger partial charge in [0.1, 0.15) is 5.70 Å². The number of thiazole rings is 1. The van der Waals surface area contributed by atoms with Gasteiger partial charge in [-0.05, 0) is 24.3 Å². The van der Waals surface area contributed by atoms with Gasteiger partial charge in [-0.3, -0.25) is 19.1 Å². The first-order chi connectivity index (χ1) is 19.2. The van der Waals surface area contributed by atoms with E-state index in [2.05, 4.69) is 15.0 Å². The van der Waals surface area contributed by atoms with Gasteiger partial charge in [-0.2, -0.15) is 0 Å². The number of aromatic nitrogens is 1. The van der Waals surface area contributed by atoms with E-state index in [1.807, 2.05) is 0 Å². The molecule has 40 heavy (non-hydrogen) atoms. The van der Waals surface area contributed by atoms with Crippen LogP contribution in [-0.2, 0) is 19.6 Å². The number of nitrogens with zero attached hydrogens (tertiary/aromatic N) is 1. The second-order valence-corrected chi connectivity index (χ2v) is 11.4. The monoisotopic (exact) mass is 571 g/mol. The molecule has 0 unspecified atom stereocenters. The van der Waals surface area contributed by atoms with Crippen LogP contribution in [-0.4, -0.2) is 42.3 Å². The lowest BCUT2D eigenvalue weighted by Gasteiger charge is -2.21. The summed E-state index contributed by atoms with van der Waals surface area (Å²) in [5, 5.41) is 4.61. The fourth-order valence-corrected chi connectivity index (χ4v) is 6.42. The molecule has 0 fully saturated rings. The molecule has 0 bridgehead atoms. The summed E-state index contributed by atoms with van der Waals surface area (Å²) in [4.78, 5) is 58.1. The van der Waals surface area contributed by atoms with Crippen molar-refractivity contribution in [1.82, 2.24) is 4.98 Å². The van der Waals surface area contributed by atoms with Gasteiger partial charge in [-0.1, -0.05) is 54.6 Å². The van der Waals surface area contributed by atoms with Crippen molar-refractivity contribution in [2.45, 2.75) is 10.5 Å². The van der Waals surface area contributed by atoms with Crippen molar-refractivity contribution in [3.8, 4) is 0 Å². The van der Waals surface area contributed by atoms with Gasteiger partial charge >= 0.3 is 5.97 Å². The smallest absolute Gasteiger partial charge is 0.357 e. The summed E-state index contributed by atoms with van der Waals surface area (Å²) in [6.07, 6.45) is 1.46. The summed E-state index contributed by atoms with van der Waals surface area (Å²) in [6.45, 7) is 0. The molecule has 2 heterocycles. The maximum absolute atomic E-state index is 13.8. The number of nitrogens with one attached hydrogen (secondary N) is 2. The van der Waals surface area contributed by atoms with Gasteiger partial charge in [0.05, 0.1) is 10.5 Å². The topological polar surface area (TPSA) is 149 Å². The molecule has 0 saturated heterocycles. The number of esters is 1. The van der Waals surface area contributed by atoms with Gasteiger partial charge in [-0.25, -0.2) is 18.2 Å². The Labute approximate surface area is 231 Å². The molecule has 3 aromatic carbocycles. The largest absolute Gasteiger partial charge is 0.432 e. The van der Waals surface area contributed by atoms with Gasteiger partial charge < -0.3 is 10.1 Å². The second kappa shape index (κ2) is 9.36. The van der Waals surface area contributed by atoms with Crippen molar-refractivity contribution in [2.75, 3.05) is 10.0 Å². The summed E-state index contributed by atoms with van der Waals surface area (Å²) in [7, 11) is -3.94. The van der Waals surface area contributed by atoms with Crippen molar-refractivity contribution in [3.05, 3.63) is 118 Å². The fraction of sp³-hybridized carbons (Fsp3) is 0.0357. The van der Waals surface area contributed by atoms with Crippen molar-refractivity contribution in [1.29, 1.82) is 0 Å². The number of hydrogen-bond donors (Lipinski definition) is 2. The molecule has 2 aliphatic rings. The van der Waals surface area contributed by atoms with E-state index in [0.29, 0.717) is 0 Å². The minimum Gasteiger partial charge on any atom is -0.432 e. The highest BCUT2D eigenvalue weighted by Gasteiger charge is 2.65. The first-order valence-corrected chi connectivity index (χ1v) is 14.1. The number of carbonyl (C=O) groups is 4. The Balaban J connectivity index is 1.42. The van der Waals surface area contributed by atoms with E-state index in [1.165, 1.54) is 54.7 Å². The molecular weight excluding hydrogens is 554 g/mol. The van der Waals surface area contributed by atoms with E-state index in [1.54, 1.807) is 35.7 Å². The minimum absolute atomic E-state index is 0.0437. The number of benzene rings is 3. The molecule has 1 spiro atoms. The Morgan fingerprint density at radius 2 is 1.48 bits per heavy atom. The van der Waals surface area contributed by atoms with Crippen LogP contribution >= 0.6 is 11.3 Å². The first-order valence-electron chi connectivity index (χ1n) is 11.8. The number of ether oxygens (including phenoxy) is 1. The lowest BCUT2D eigenvalue weighted by molar-refractivity contribution is -0.141. The minimum atomic E-state index is -3.94. The Hall–Kier alpha value is -4.94. The Morgan fingerprint density at radius 3 is 2.08 bits per heavy atom. The Bertz CT molecular complexity index is 1810. The predicted octanol–water partition coefficient (Wildman–Crippen LogP) is 3.87. The molecule has 1 aliphatic carbocycles. The van der Waals surface area contributed by atoms with Crippen LogP contribution in [0.2, 0.25) is 0 Å². The van der Waals surface area contributed by atoms with Crippen LogP contribution < -0.4 is 10.0 Å². The summed E-state index contributed by atoms with van der Waals surface area (Å²) in [5.74, 6) is -3.44. The number of sulfonamides is 1. The van der Waals surface area contributed by atoms with Crippen LogP contribution in [0.4, 0.5) is 10.8 Å². The third-order valence-electron chi connectivity index (χ3n) is 6.46. The predicted molar refractivity (Wildman–Crippen MR) is 145 cm³/mol. The third-order valence-corrected chi connectivity index (χ3v) is 8.63. The summed E-state index contributed by atoms with van der Waals surface area (Å²) >= 11 is 1.12. The Morgan fingerprint density at radius 1 is 0.850 bits per heavy atom. The van der Waals surface area contributed by atoms with Crippen LogP contribution in [0.5, 0.6) is 0 Å². The van der Waals surface area contributed by atoms with E-state index in [4.69, 9.17) is 4.74 Å². The first kappa shape index (κ1) is 25.3. The zero-order chi connectivity index (χ0) is 28.1. The number of Topliss-reactive ketones (excluding diaryl/α,β-unsaturated/α-hetero) is 3. The highest BCUT2D eigenvalue weighted by atomic mass is 32.2. The fourth-order valence-electron chi connectivity index (χ4n) is 4.63. The molecule has 0 amide bonds. The maximum Gasteiger partial charge on any atom is 0.357 e. The van der Waals surface area contributed by atoms with Crippen LogP contribution in [0, 0.1) is 0 Å². The summed E-state index contributed by atoms with van der Waals surface area (Å²) in [6, 6.07) is 19.2. The van der Waals surface area contributed by atoms with Crippen LogP contribution in [0.1, 0.15) is 31.1 Å². The number of fused-ring (bicyclic) bond motifs is 1. The van der Waals surface area contributed by atoms with Gasteiger partial charge in [0, 0.05) is 34.0 Å². The number of ketones is 3. The van der Waals surface area contributed by atoms with Crippen LogP contribution in [0.25, 0.3) is 0 Å². The average molecular weight is 572 g/mol. The van der Waals surface area contributed by atoms with Gasteiger partial charge in [-0.15, -0.1) is 11.3 Å². The number of rotatable bonds is 7. The van der Waals surface area contributed by atoms with Gasteiger partial charge in [0.25, 0.3) is 15.6 Å². The van der Waals surface area contributed by atoms with E-state index < -0.39 is 44.5 Å². The molecular formula is C28H17N3O7S2. The molecule has 198 valence electrons. The molecule has 0 radical (unpaired) electrons. The number of hydrogen-bond acceptors (Lipinski definition) is 10. The van der Waals surface area contributed by atoms with Crippen molar-refractivity contribution < 1.29 is 32.3 Å². The lowest BCUT2D eigenvalue weighted by Crippen LogP contribution is -2.46. The molecule has 1 aromatic heterocycles. The molecule has 12 heteroatoms. The van der Waals surface area contributed by atoms with Crippen molar-refractivity contribution in [2.24, 2.45) is 0 Å². The highest BCUT2D eigenvalue weighted by molar-refractivity contribution is 7.93. The third kappa shape index (κ3) is 3.92. The molecule has 4 aromatic rings. The van der Waals surface area contributed by atoms with E-state index in [-0.39, 0.29) is 38.1 Å². The van der Waals surface area contributed by atoms with E-state index in [0.717, 1.165) is 11.3 Å². The molecule has 6 rings (SSSR count). The van der Waals surface area contributed by atoms with Gasteiger partial charge in [0.2, 0.25) is 11.6 Å². The van der Waals surface area contributed by atoms with Gasteiger partial charge in [0.15, 0.2) is 10.9 Å². The number of carbonyl (C=O) groups excluding carboxylic acids is 4. The molecule has 0 saturated carbocycles. The average Bonchev–Trinajstić information content (AvgIpc) is 3.63. The SMILES string of the molecule is O=C1OC2(C(=O)c3ccccc3C2=O)C(C(=O)c2ccccc2)=C1Nc1ccc(S(=O)(=O)Nc2nccs2)cc1. The zero-order valence-electron chi connectivity index (χ0n) is 20.3. The normalized spacial score (nSPS) is 15.8. The second-order valence-electron chi connectivity index (χ2n) is 8.81. The van der Waals surface area contributed by atoms with E-state index >= 15 is 0 Å². The van der Waals surface area contributed by atoms with E-state index in [9.17, 15) is 27.6 Å².